The van der Waals surface area contributed by atoms with Gasteiger partial charge in [0, 0.05) is 18.5 Å². The second-order valence-electron chi connectivity index (χ2n) is 6.24. The van der Waals surface area contributed by atoms with Gasteiger partial charge in [0.15, 0.2) is 0 Å². The number of nitrogens with zero attached hydrogens (tertiary/aromatic N) is 3. The highest BCUT2D eigenvalue weighted by Crippen LogP contribution is 2.22. The normalized spacial score (nSPS) is 12.9. The van der Waals surface area contributed by atoms with Crippen LogP contribution in [0.2, 0.25) is 0 Å². The molecule has 4 heteroatoms. The molecule has 0 amide bonds. The summed E-state index contributed by atoms with van der Waals surface area (Å²) in [6, 6.07) is 6.29. The second kappa shape index (κ2) is 6.85. The molecule has 0 aliphatic rings. The first-order chi connectivity index (χ1) is 9.95. The van der Waals surface area contributed by atoms with Crippen LogP contribution in [0, 0.1) is 19.8 Å². The Kier molecular flexibility index (Phi) is 5.12. The van der Waals surface area contributed by atoms with Crippen molar-refractivity contribution >= 4 is 0 Å². The smallest absolute Gasteiger partial charge is 0.226 e. The lowest BCUT2D eigenvalue weighted by Crippen LogP contribution is -2.20. The van der Waals surface area contributed by atoms with Crippen molar-refractivity contribution in [2.75, 3.05) is 20.6 Å². The highest BCUT2D eigenvalue weighted by Gasteiger charge is 2.12. The molecular weight excluding hydrogens is 262 g/mol. The van der Waals surface area contributed by atoms with E-state index >= 15 is 0 Å². The second-order valence-corrected chi connectivity index (χ2v) is 6.24. The van der Waals surface area contributed by atoms with E-state index < -0.39 is 0 Å². The van der Waals surface area contributed by atoms with Crippen molar-refractivity contribution in [1.29, 1.82) is 0 Å². The molecule has 4 nitrogen and oxygen atoms in total. The molecule has 0 aliphatic carbocycles. The highest BCUT2D eigenvalue weighted by molar-refractivity contribution is 5.59. The molecule has 1 aromatic carbocycles. The Morgan fingerprint density at radius 1 is 1.24 bits per heavy atom. The van der Waals surface area contributed by atoms with E-state index in [2.05, 4.69) is 68.1 Å². The molecule has 1 unspecified atom stereocenters. The molecule has 21 heavy (non-hydrogen) atoms. The minimum Gasteiger partial charge on any atom is -0.339 e. The Morgan fingerprint density at radius 3 is 2.67 bits per heavy atom. The van der Waals surface area contributed by atoms with E-state index in [1.54, 1.807) is 0 Å². The summed E-state index contributed by atoms with van der Waals surface area (Å²) in [6.45, 7) is 7.50. The van der Waals surface area contributed by atoms with E-state index in [1.165, 1.54) is 11.1 Å². The lowest BCUT2D eigenvalue weighted by atomic mass is 10.0. The predicted molar refractivity (Wildman–Crippen MR) is 85.2 cm³/mol. The molecule has 0 fully saturated rings. The van der Waals surface area contributed by atoms with Gasteiger partial charge in [0.2, 0.25) is 11.7 Å². The van der Waals surface area contributed by atoms with Crippen LogP contribution < -0.4 is 0 Å². The Labute approximate surface area is 127 Å². The zero-order chi connectivity index (χ0) is 15.4. The fourth-order valence-corrected chi connectivity index (χ4v) is 2.61. The third-order valence-corrected chi connectivity index (χ3v) is 3.62. The van der Waals surface area contributed by atoms with Gasteiger partial charge in [-0.05, 0) is 45.8 Å². The average molecular weight is 287 g/mol. The number of rotatable bonds is 6. The molecule has 2 rings (SSSR count). The Balaban J connectivity index is 2.01. The number of hydrogen-bond acceptors (Lipinski definition) is 4. The number of hydrogen-bond donors (Lipinski definition) is 0. The molecule has 0 spiro atoms. The zero-order valence-electron chi connectivity index (χ0n) is 13.7. The van der Waals surface area contributed by atoms with Crippen molar-refractivity contribution < 1.29 is 4.52 Å². The highest BCUT2D eigenvalue weighted by atomic mass is 16.5. The first kappa shape index (κ1) is 15.7. The van der Waals surface area contributed by atoms with Gasteiger partial charge < -0.3 is 9.42 Å². The summed E-state index contributed by atoms with van der Waals surface area (Å²) in [5.74, 6) is 2.05. The van der Waals surface area contributed by atoms with Gasteiger partial charge in [-0.2, -0.15) is 4.98 Å². The molecule has 114 valence electrons. The largest absolute Gasteiger partial charge is 0.339 e. The van der Waals surface area contributed by atoms with E-state index in [9.17, 15) is 0 Å². The molecule has 1 atom stereocenters. The number of benzene rings is 1. The molecule has 0 N–H and O–H groups in total. The first-order valence-electron chi connectivity index (χ1n) is 7.50. The van der Waals surface area contributed by atoms with Crippen LogP contribution in [0.5, 0.6) is 0 Å². The van der Waals surface area contributed by atoms with E-state index in [-0.39, 0.29) is 0 Å². The standard InChI is InChI=1S/C17H25N3O/c1-12-6-8-15(14(3)10-12)17-18-16(21-19-17)9-7-13(2)11-20(4)5/h6,8,10,13H,7,9,11H2,1-5H3. The van der Waals surface area contributed by atoms with Crippen molar-refractivity contribution in [3.63, 3.8) is 0 Å². The van der Waals surface area contributed by atoms with Gasteiger partial charge in [-0.15, -0.1) is 0 Å². The monoisotopic (exact) mass is 287 g/mol. The van der Waals surface area contributed by atoms with Gasteiger partial charge >= 0.3 is 0 Å². The zero-order valence-corrected chi connectivity index (χ0v) is 13.7. The van der Waals surface area contributed by atoms with E-state index in [0.29, 0.717) is 11.7 Å². The third kappa shape index (κ3) is 4.39. The van der Waals surface area contributed by atoms with Crippen LogP contribution in [0.1, 0.15) is 30.4 Å². The van der Waals surface area contributed by atoms with Gasteiger partial charge in [0.05, 0.1) is 0 Å². The summed E-state index contributed by atoms with van der Waals surface area (Å²) in [7, 11) is 4.20. The molecule has 0 aliphatic heterocycles. The van der Waals surface area contributed by atoms with Crippen molar-refractivity contribution in [2.24, 2.45) is 5.92 Å². The van der Waals surface area contributed by atoms with Gasteiger partial charge in [-0.1, -0.05) is 35.8 Å². The van der Waals surface area contributed by atoms with Crippen LogP contribution in [0.15, 0.2) is 22.7 Å². The maximum atomic E-state index is 5.38. The number of aromatic nitrogens is 2. The Morgan fingerprint density at radius 2 is 2.00 bits per heavy atom. The summed E-state index contributed by atoms with van der Waals surface area (Å²) in [5, 5.41) is 4.12. The van der Waals surface area contributed by atoms with Crippen LogP contribution >= 0.6 is 0 Å². The first-order valence-corrected chi connectivity index (χ1v) is 7.50. The quantitative estimate of drug-likeness (QED) is 0.815. The Hall–Kier alpha value is -1.68. The molecule has 1 aromatic heterocycles. The summed E-state index contributed by atoms with van der Waals surface area (Å²) >= 11 is 0. The van der Waals surface area contributed by atoms with Gasteiger partial charge in [-0.3, -0.25) is 0 Å². The molecule has 0 bridgehead atoms. The van der Waals surface area contributed by atoms with Crippen LogP contribution in [-0.2, 0) is 6.42 Å². The van der Waals surface area contributed by atoms with Gasteiger partial charge in [0.25, 0.3) is 0 Å². The molecule has 0 radical (unpaired) electrons. The van der Waals surface area contributed by atoms with Crippen molar-refractivity contribution in [3.05, 3.63) is 35.2 Å². The summed E-state index contributed by atoms with van der Waals surface area (Å²) in [5.41, 5.74) is 3.48. The average Bonchev–Trinajstić information content (AvgIpc) is 2.84. The van der Waals surface area contributed by atoms with Crippen molar-refractivity contribution in [1.82, 2.24) is 15.0 Å². The van der Waals surface area contributed by atoms with E-state index in [0.717, 1.165) is 30.8 Å². The lowest BCUT2D eigenvalue weighted by molar-refractivity contribution is 0.313. The summed E-state index contributed by atoms with van der Waals surface area (Å²) < 4.78 is 5.38. The topological polar surface area (TPSA) is 42.2 Å². The van der Waals surface area contributed by atoms with Gasteiger partial charge in [0.1, 0.15) is 0 Å². The molecule has 1 heterocycles. The van der Waals surface area contributed by atoms with E-state index in [4.69, 9.17) is 4.52 Å². The maximum Gasteiger partial charge on any atom is 0.226 e. The van der Waals surface area contributed by atoms with Crippen molar-refractivity contribution in [3.8, 4) is 11.4 Å². The molecule has 2 aromatic rings. The fraction of sp³-hybridized carbons (Fsp3) is 0.529. The van der Waals surface area contributed by atoms with Crippen molar-refractivity contribution in [2.45, 2.75) is 33.6 Å². The van der Waals surface area contributed by atoms with E-state index in [1.807, 2.05) is 0 Å². The van der Waals surface area contributed by atoms with Crippen LogP contribution in [0.3, 0.4) is 0 Å². The molecule has 0 saturated heterocycles. The summed E-state index contributed by atoms with van der Waals surface area (Å²) in [6.07, 6.45) is 1.90. The molecular formula is C17H25N3O. The summed E-state index contributed by atoms with van der Waals surface area (Å²) in [4.78, 5) is 6.74. The minimum atomic E-state index is 0.622. The third-order valence-electron chi connectivity index (χ3n) is 3.62. The Bertz CT molecular complexity index is 589. The SMILES string of the molecule is Cc1ccc(-c2noc(CCC(C)CN(C)C)n2)c(C)c1. The van der Waals surface area contributed by atoms with Crippen LogP contribution in [0.4, 0.5) is 0 Å². The maximum absolute atomic E-state index is 5.38. The van der Waals surface area contributed by atoms with Gasteiger partial charge in [-0.25, -0.2) is 0 Å². The fourth-order valence-electron chi connectivity index (χ4n) is 2.61. The number of aryl methyl sites for hydroxylation is 3. The predicted octanol–water partition coefficient (Wildman–Crippen LogP) is 3.48. The lowest BCUT2D eigenvalue weighted by Gasteiger charge is -2.15. The molecule has 0 saturated carbocycles. The van der Waals surface area contributed by atoms with Crippen LogP contribution in [-0.4, -0.2) is 35.7 Å². The van der Waals surface area contributed by atoms with Crippen LogP contribution in [0.25, 0.3) is 11.4 Å². The minimum absolute atomic E-state index is 0.622.